The highest BCUT2D eigenvalue weighted by Gasteiger charge is 2.21. The van der Waals surface area contributed by atoms with Gasteiger partial charge in [-0.25, -0.2) is 4.68 Å². The lowest BCUT2D eigenvalue weighted by atomic mass is 9.95. The summed E-state index contributed by atoms with van der Waals surface area (Å²) in [5.74, 6) is -1.52. The number of rotatable bonds is 5. The van der Waals surface area contributed by atoms with Crippen LogP contribution in [0.3, 0.4) is 0 Å². The average Bonchev–Trinajstić information content (AvgIpc) is 2.76. The van der Waals surface area contributed by atoms with E-state index in [4.69, 9.17) is 0 Å². The van der Waals surface area contributed by atoms with E-state index < -0.39 is 11.5 Å². The van der Waals surface area contributed by atoms with E-state index in [1.807, 2.05) is 66.7 Å². The van der Waals surface area contributed by atoms with E-state index in [9.17, 15) is 14.7 Å². The topological polar surface area (TPSA) is 75.0 Å². The molecular weight excluding hydrogens is 364 g/mol. The highest BCUT2D eigenvalue weighted by Crippen LogP contribution is 2.31. The molecule has 142 valence electrons. The molecule has 0 aliphatic rings. The van der Waals surface area contributed by atoms with Crippen molar-refractivity contribution < 1.29 is 9.90 Å². The molecule has 0 aliphatic heterocycles. The van der Waals surface area contributed by atoms with Gasteiger partial charge in [-0.05, 0) is 11.1 Å². The number of benzene rings is 3. The lowest BCUT2D eigenvalue weighted by Gasteiger charge is -2.18. The molecule has 0 aliphatic carbocycles. The summed E-state index contributed by atoms with van der Waals surface area (Å²) in [7, 11) is 0. The molecule has 0 radical (unpaired) electrons. The van der Waals surface area contributed by atoms with Crippen molar-refractivity contribution in [2.24, 2.45) is 0 Å². The minimum Gasteiger partial charge on any atom is -0.545 e. The molecule has 0 fully saturated rings. The average molecular weight is 381 g/mol. The lowest BCUT2D eigenvalue weighted by Crippen LogP contribution is -2.36. The van der Waals surface area contributed by atoms with Gasteiger partial charge in [-0.3, -0.25) is 4.79 Å². The predicted octanol–water partition coefficient (Wildman–Crippen LogP) is 2.99. The number of carboxylic acids is 1. The normalized spacial score (nSPS) is 10.6. The summed E-state index contributed by atoms with van der Waals surface area (Å²) >= 11 is 0. The molecule has 0 bridgehead atoms. The third-order valence-corrected chi connectivity index (χ3v) is 4.64. The zero-order chi connectivity index (χ0) is 20.2. The van der Waals surface area contributed by atoms with E-state index >= 15 is 0 Å². The van der Waals surface area contributed by atoms with Crippen LogP contribution in [0.4, 0.5) is 0 Å². The van der Waals surface area contributed by atoms with Crippen molar-refractivity contribution in [3.05, 3.63) is 112 Å². The first-order valence-electron chi connectivity index (χ1n) is 9.16. The SMILES string of the molecule is O=C([O-])c1c(-c2ccccc2)c(-c2ccccc2)nn(Cc2ccccc2)c1=O. The first-order valence-corrected chi connectivity index (χ1v) is 9.16. The summed E-state index contributed by atoms with van der Waals surface area (Å²) < 4.78 is 1.19. The highest BCUT2D eigenvalue weighted by molar-refractivity contribution is 5.98. The van der Waals surface area contributed by atoms with Crippen molar-refractivity contribution in [1.82, 2.24) is 9.78 Å². The van der Waals surface area contributed by atoms with Gasteiger partial charge in [0.2, 0.25) is 0 Å². The van der Waals surface area contributed by atoms with Gasteiger partial charge >= 0.3 is 0 Å². The number of aromatic nitrogens is 2. The zero-order valence-electron chi connectivity index (χ0n) is 15.5. The molecule has 0 N–H and O–H groups in total. The summed E-state index contributed by atoms with van der Waals surface area (Å²) in [6.07, 6.45) is 0. The fourth-order valence-electron chi connectivity index (χ4n) is 3.31. The standard InChI is InChI=1S/C24H18N2O3/c27-23-21(24(28)29)20(18-12-6-2-7-13-18)22(19-14-8-3-9-15-19)25-26(23)16-17-10-4-1-5-11-17/h1-15H,16H2,(H,28,29)/p-1. The maximum absolute atomic E-state index is 13.1. The van der Waals surface area contributed by atoms with Crippen LogP contribution in [-0.2, 0) is 6.54 Å². The quantitative estimate of drug-likeness (QED) is 0.533. The Labute approximate surface area is 167 Å². The third-order valence-electron chi connectivity index (χ3n) is 4.64. The van der Waals surface area contributed by atoms with E-state index in [0.29, 0.717) is 11.3 Å². The molecule has 0 atom stereocenters. The van der Waals surface area contributed by atoms with E-state index in [1.54, 1.807) is 24.3 Å². The molecule has 5 heteroatoms. The van der Waals surface area contributed by atoms with Gasteiger partial charge in [0.05, 0.1) is 23.8 Å². The fraction of sp³-hybridized carbons (Fsp3) is 0.0417. The van der Waals surface area contributed by atoms with Crippen LogP contribution in [0.5, 0.6) is 0 Å². The smallest absolute Gasteiger partial charge is 0.276 e. The number of hydrogen-bond acceptors (Lipinski definition) is 4. The Balaban J connectivity index is 2.03. The molecule has 0 amide bonds. The Morgan fingerprint density at radius 2 is 1.31 bits per heavy atom. The van der Waals surface area contributed by atoms with Gasteiger partial charge in [-0.1, -0.05) is 91.0 Å². The Hall–Kier alpha value is -3.99. The Kier molecular flexibility index (Phi) is 5.03. The monoisotopic (exact) mass is 381 g/mol. The summed E-state index contributed by atoms with van der Waals surface area (Å²) in [4.78, 5) is 25.1. The second kappa shape index (κ2) is 7.94. The molecular formula is C24H17N2O3-. The van der Waals surface area contributed by atoms with Crippen LogP contribution < -0.4 is 10.7 Å². The van der Waals surface area contributed by atoms with Gasteiger partial charge in [0, 0.05) is 11.1 Å². The molecule has 0 saturated carbocycles. The second-order valence-corrected chi connectivity index (χ2v) is 6.57. The number of carboxylic acid groups (broad SMARTS) is 1. The minimum absolute atomic E-state index is 0.162. The molecule has 4 rings (SSSR count). The van der Waals surface area contributed by atoms with Crippen LogP contribution in [0.2, 0.25) is 0 Å². The van der Waals surface area contributed by atoms with Crippen molar-refractivity contribution >= 4 is 5.97 Å². The molecule has 4 aromatic rings. The first-order chi connectivity index (χ1) is 14.1. The van der Waals surface area contributed by atoms with Crippen LogP contribution in [-0.4, -0.2) is 15.7 Å². The van der Waals surface area contributed by atoms with Gasteiger partial charge in [-0.15, -0.1) is 0 Å². The number of aromatic carboxylic acids is 1. The predicted molar refractivity (Wildman–Crippen MR) is 109 cm³/mol. The second-order valence-electron chi connectivity index (χ2n) is 6.57. The van der Waals surface area contributed by atoms with Crippen molar-refractivity contribution in [2.75, 3.05) is 0 Å². The summed E-state index contributed by atoms with van der Waals surface area (Å²) in [6, 6.07) is 27.5. The van der Waals surface area contributed by atoms with E-state index in [1.165, 1.54) is 4.68 Å². The Bertz CT molecular complexity index is 1200. The molecule has 1 aromatic heterocycles. The molecule has 3 aromatic carbocycles. The molecule has 0 saturated heterocycles. The maximum atomic E-state index is 13.1. The minimum atomic E-state index is -1.52. The summed E-state index contributed by atoms with van der Waals surface area (Å²) in [6.45, 7) is 0.162. The third kappa shape index (κ3) is 3.71. The zero-order valence-corrected chi connectivity index (χ0v) is 15.5. The highest BCUT2D eigenvalue weighted by atomic mass is 16.4. The number of hydrogen-bond donors (Lipinski definition) is 0. The van der Waals surface area contributed by atoms with Crippen LogP contribution >= 0.6 is 0 Å². The van der Waals surface area contributed by atoms with Crippen molar-refractivity contribution in [3.8, 4) is 22.4 Å². The molecule has 0 spiro atoms. The van der Waals surface area contributed by atoms with Gasteiger partial charge in [-0.2, -0.15) is 5.10 Å². The van der Waals surface area contributed by atoms with Crippen LogP contribution in [0.15, 0.2) is 95.8 Å². The number of carbonyl (C=O) groups excluding carboxylic acids is 1. The first kappa shape index (κ1) is 18.4. The van der Waals surface area contributed by atoms with Gasteiger partial charge in [0.25, 0.3) is 5.56 Å². The fourth-order valence-corrected chi connectivity index (χ4v) is 3.31. The van der Waals surface area contributed by atoms with Crippen LogP contribution in [0, 0.1) is 0 Å². The van der Waals surface area contributed by atoms with Crippen molar-refractivity contribution in [2.45, 2.75) is 6.54 Å². The van der Waals surface area contributed by atoms with Crippen molar-refractivity contribution in [3.63, 3.8) is 0 Å². The Morgan fingerprint density at radius 3 is 1.86 bits per heavy atom. The number of nitrogens with zero attached hydrogens (tertiary/aromatic N) is 2. The van der Waals surface area contributed by atoms with Crippen LogP contribution in [0.25, 0.3) is 22.4 Å². The maximum Gasteiger partial charge on any atom is 0.276 e. The van der Waals surface area contributed by atoms with E-state index in [0.717, 1.165) is 11.1 Å². The van der Waals surface area contributed by atoms with Gasteiger partial charge < -0.3 is 9.90 Å². The van der Waals surface area contributed by atoms with E-state index in [-0.39, 0.29) is 17.7 Å². The Morgan fingerprint density at radius 1 is 0.793 bits per heavy atom. The summed E-state index contributed by atoms with van der Waals surface area (Å²) in [5.41, 5.74) is 1.78. The van der Waals surface area contributed by atoms with Gasteiger partial charge in [0.15, 0.2) is 0 Å². The molecule has 29 heavy (non-hydrogen) atoms. The largest absolute Gasteiger partial charge is 0.545 e. The van der Waals surface area contributed by atoms with Crippen LogP contribution in [0.1, 0.15) is 15.9 Å². The molecule has 5 nitrogen and oxygen atoms in total. The summed E-state index contributed by atoms with van der Waals surface area (Å²) in [5, 5.41) is 16.6. The van der Waals surface area contributed by atoms with E-state index in [2.05, 4.69) is 5.10 Å². The van der Waals surface area contributed by atoms with Gasteiger partial charge in [0.1, 0.15) is 0 Å². The lowest BCUT2D eigenvalue weighted by molar-refractivity contribution is -0.255. The molecule has 1 heterocycles. The van der Waals surface area contributed by atoms with Crippen molar-refractivity contribution in [1.29, 1.82) is 0 Å². The number of carbonyl (C=O) groups is 1. The molecule has 0 unspecified atom stereocenters.